The van der Waals surface area contributed by atoms with Crippen LogP contribution in [0.15, 0.2) is 74.2 Å². The minimum atomic E-state index is -0.475. The van der Waals surface area contributed by atoms with Crippen molar-refractivity contribution in [2.24, 2.45) is 0 Å². The van der Waals surface area contributed by atoms with E-state index < -0.39 is 5.91 Å². The predicted octanol–water partition coefficient (Wildman–Crippen LogP) is 5.28. The van der Waals surface area contributed by atoms with Crippen LogP contribution in [0.4, 0.5) is 5.00 Å². The molecule has 0 radical (unpaired) electrons. The number of carbonyl (C=O) groups excluding carboxylic acids is 1. The number of hydrogen-bond acceptors (Lipinski definition) is 6. The van der Waals surface area contributed by atoms with E-state index in [1.54, 1.807) is 36.0 Å². The van der Waals surface area contributed by atoms with Crippen molar-refractivity contribution in [1.29, 1.82) is 0 Å². The zero-order valence-corrected chi connectivity index (χ0v) is 16.6. The Morgan fingerprint density at radius 2 is 1.89 bits per heavy atom. The molecule has 2 heterocycles. The summed E-state index contributed by atoms with van der Waals surface area (Å²) in [7, 11) is 0. The average Bonchev–Trinajstić information content (AvgIpc) is 3.11. The third kappa shape index (κ3) is 3.72. The van der Waals surface area contributed by atoms with Crippen molar-refractivity contribution in [3.05, 3.63) is 76.6 Å². The molecule has 28 heavy (non-hydrogen) atoms. The first-order valence-corrected chi connectivity index (χ1v) is 10.5. The highest BCUT2D eigenvalue weighted by molar-refractivity contribution is 8.01. The smallest absolute Gasteiger partial charge is 0.292 e. The number of benzene rings is 2. The maximum Gasteiger partial charge on any atom is 0.292 e. The fraction of sp³-hybridized carbons (Fsp3) is 0.0952. The summed E-state index contributed by atoms with van der Waals surface area (Å²) in [6.45, 7) is 2.05. The Bertz CT molecular complexity index is 1200. The quantitative estimate of drug-likeness (QED) is 0.455. The molecule has 0 atom stereocenters. The van der Waals surface area contributed by atoms with Gasteiger partial charge in [-0.3, -0.25) is 9.59 Å². The van der Waals surface area contributed by atoms with E-state index in [1.165, 1.54) is 17.4 Å². The van der Waals surface area contributed by atoms with E-state index in [-0.39, 0.29) is 11.2 Å². The lowest BCUT2D eigenvalue weighted by Crippen LogP contribution is -2.14. The molecule has 2 aromatic heterocycles. The van der Waals surface area contributed by atoms with E-state index >= 15 is 0 Å². The molecule has 4 rings (SSSR count). The molecule has 0 spiro atoms. The van der Waals surface area contributed by atoms with Crippen molar-refractivity contribution >= 4 is 45.0 Å². The number of anilines is 1. The highest BCUT2D eigenvalue weighted by atomic mass is 32.2. The van der Waals surface area contributed by atoms with E-state index in [0.717, 1.165) is 15.7 Å². The maximum absolute atomic E-state index is 12.8. The number of para-hydroxylation sites is 1. The van der Waals surface area contributed by atoms with Gasteiger partial charge in [0.15, 0.2) is 15.5 Å². The van der Waals surface area contributed by atoms with E-state index in [2.05, 4.69) is 17.2 Å². The minimum Gasteiger partial charge on any atom is -0.451 e. The van der Waals surface area contributed by atoms with E-state index in [9.17, 15) is 9.59 Å². The number of nitrogens with one attached hydrogen (secondary N) is 1. The molecular weight excluding hydrogens is 392 g/mol. The Balaban J connectivity index is 1.71. The van der Waals surface area contributed by atoms with Gasteiger partial charge in [-0.15, -0.1) is 0 Å². The van der Waals surface area contributed by atoms with Crippen molar-refractivity contribution in [2.45, 2.75) is 11.3 Å². The van der Waals surface area contributed by atoms with Gasteiger partial charge in [0.25, 0.3) is 5.91 Å². The van der Waals surface area contributed by atoms with Crippen molar-refractivity contribution < 1.29 is 9.21 Å². The second kappa shape index (κ2) is 8.00. The average molecular weight is 409 g/mol. The minimum absolute atomic E-state index is 0.0270. The molecule has 0 aliphatic carbocycles. The van der Waals surface area contributed by atoms with Gasteiger partial charge in [-0.25, -0.2) is 4.98 Å². The van der Waals surface area contributed by atoms with Gasteiger partial charge in [-0.1, -0.05) is 72.5 Å². The van der Waals surface area contributed by atoms with Crippen LogP contribution in [-0.2, 0) is 0 Å². The predicted molar refractivity (Wildman–Crippen MR) is 114 cm³/mol. The van der Waals surface area contributed by atoms with Gasteiger partial charge in [0, 0.05) is 11.6 Å². The second-order valence-corrected chi connectivity index (χ2v) is 8.39. The molecule has 140 valence electrons. The van der Waals surface area contributed by atoms with Gasteiger partial charge >= 0.3 is 0 Å². The lowest BCUT2D eigenvalue weighted by Gasteiger charge is -2.05. The summed E-state index contributed by atoms with van der Waals surface area (Å²) in [5, 5.41) is 3.94. The SMILES string of the molecule is CCSc1nc(-c2ccccc2)c(NC(=O)c2cc(=O)c3ccccc3o2)s1. The van der Waals surface area contributed by atoms with Crippen LogP contribution in [0.5, 0.6) is 0 Å². The van der Waals surface area contributed by atoms with Crippen LogP contribution in [0.25, 0.3) is 22.2 Å². The van der Waals surface area contributed by atoms with E-state index in [0.29, 0.717) is 21.7 Å². The Morgan fingerprint density at radius 1 is 1.14 bits per heavy atom. The van der Waals surface area contributed by atoms with E-state index in [4.69, 9.17) is 4.42 Å². The molecule has 0 aliphatic heterocycles. The molecule has 0 fully saturated rings. The van der Waals surface area contributed by atoms with Crippen molar-refractivity contribution in [2.75, 3.05) is 11.1 Å². The summed E-state index contributed by atoms with van der Waals surface area (Å²) in [6, 6.07) is 17.8. The molecule has 0 saturated carbocycles. The van der Waals surface area contributed by atoms with Crippen LogP contribution in [-0.4, -0.2) is 16.6 Å². The fourth-order valence-electron chi connectivity index (χ4n) is 2.74. The van der Waals surface area contributed by atoms with Crippen molar-refractivity contribution in [3.8, 4) is 11.3 Å². The number of carbonyl (C=O) groups is 1. The molecule has 7 heteroatoms. The van der Waals surface area contributed by atoms with Crippen molar-refractivity contribution in [3.63, 3.8) is 0 Å². The van der Waals surface area contributed by atoms with Crippen LogP contribution < -0.4 is 10.7 Å². The molecule has 4 aromatic rings. The largest absolute Gasteiger partial charge is 0.451 e. The summed E-state index contributed by atoms with van der Waals surface area (Å²) in [5.74, 6) is 0.381. The number of fused-ring (bicyclic) bond motifs is 1. The summed E-state index contributed by atoms with van der Waals surface area (Å²) in [5.41, 5.74) is 1.76. The van der Waals surface area contributed by atoms with Gasteiger partial charge in [-0.05, 0) is 17.9 Å². The first-order valence-electron chi connectivity index (χ1n) is 8.69. The zero-order chi connectivity index (χ0) is 19.5. The highest BCUT2D eigenvalue weighted by Crippen LogP contribution is 2.37. The third-order valence-corrected chi connectivity index (χ3v) is 6.00. The molecule has 5 nitrogen and oxygen atoms in total. The number of thioether (sulfide) groups is 1. The van der Waals surface area contributed by atoms with Crippen LogP contribution in [0.2, 0.25) is 0 Å². The Hall–Kier alpha value is -2.90. The molecule has 1 amide bonds. The zero-order valence-electron chi connectivity index (χ0n) is 15.0. The lowest BCUT2D eigenvalue weighted by atomic mass is 10.1. The van der Waals surface area contributed by atoms with Gasteiger partial charge in [-0.2, -0.15) is 0 Å². The monoisotopic (exact) mass is 408 g/mol. The molecular formula is C21H16N2O3S2. The molecule has 1 N–H and O–H groups in total. The Labute approximate surface area is 169 Å². The summed E-state index contributed by atoms with van der Waals surface area (Å²) in [6.07, 6.45) is 0. The fourth-order valence-corrected chi connectivity index (χ4v) is 4.70. The molecule has 0 saturated heterocycles. The number of nitrogens with zero attached hydrogens (tertiary/aromatic N) is 1. The standard InChI is InChI=1S/C21H16N2O3S2/c1-2-27-21-22-18(13-8-4-3-5-9-13)20(28-21)23-19(25)17-12-15(24)14-10-6-7-11-16(14)26-17/h3-12H,2H2,1H3,(H,23,25). The molecule has 0 bridgehead atoms. The highest BCUT2D eigenvalue weighted by Gasteiger charge is 2.18. The van der Waals surface area contributed by atoms with Gasteiger partial charge in [0.1, 0.15) is 16.3 Å². The summed E-state index contributed by atoms with van der Waals surface area (Å²) >= 11 is 3.02. The van der Waals surface area contributed by atoms with Crippen LogP contribution in [0.1, 0.15) is 17.5 Å². The van der Waals surface area contributed by atoms with Crippen molar-refractivity contribution in [1.82, 2.24) is 4.98 Å². The van der Waals surface area contributed by atoms with Crippen LogP contribution in [0.3, 0.4) is 0 Å². The number of aromatic nitrogens is 1. The number of hydrogen-bond donors (Lipinski definition) is 1. The second-order valence-electron chi connectivity index (χ2n) is 5.88. The van der Waals surface area contributed by atoms with Gasteiger partial charge < -0.3 is 9.73 Å². The first-order chi connectivity index (χ1) is 13.7. The van der Waals surface area contributed by atoms with Gasteiger partial charge in [0.05, 0.1) is 5.39 Å². The van der Waals surface area contributed by atoms with Gasteiger partial charge in [0.2, 0.25) is 0 Å². The third-order valence-electron chi connectivity index (χ3n) is 4.01. The number of rotatable bonds is 5. The molecule has 2 aromatic carbocycles. The topological polar surface area (TPSA) is 72.2 Å². The first kappa shape index (κ1) is 18.5. The lowest BCUT2D eigenvalue weighted by molar-refractivity contribution is 0.0997. The molecule has 0 unspecified atom stereocenters. The summed E-state index contributed by atoms with van der Waals surface area (Å²) in [4.78, 5) is 29.7. The number of amides is 1. The molecule has 0 aliphatic rings. The van der Waals surface area contributed by atoms with Crippen LogP contribution in [0, 0.1) is 0 Å². The maximum atomic E-state index is 12.8. The van der Waals surface area contributed by atoms with E-state index in [1.807, 2.05) is 30.3 Å². The summed E-state index contributed by atoms with van der Waals surface area (Å²) < 4.78 is 6.52. The Kier molecular flexibility index (Phi) is 5.27. The van der Waals surface area contributed by atoms with Crippen LogP contribution >= 0.6 is 23.1 Å². The normalized spacial score (nSPS) is 10.9. The Morgan fingerprint density at radius 3 is 2.68 bits per heavy atom. The number of thiazole rings is 1.